The number of ether oxygens (including phenoxy) is 1. The van der Waals surface area contributed by atoms with E-state index in [4.69, 9.17) is 4.74 Å². The minimum Gasteiger partial charge on any atom is -0.444 e. The smallest absolute Gasteiger partial charge is 0.410 e. The summed E-state index contributed by atoms with van der Waals surface area (Å²) in [4.78, 5) is 13.5. The molecule has 0 aromatic carbocycles. The molecule has 4 heteroatoms. The molecule has 0 saturated heterocycles. The van der Waals surface area contributed by atoms with Crippen molar-refractivity contribution in [1.82, 2.24) is 10.2 Å². The zero-order valence-electron chi connectivity index (χ0n) is 14.6. The van der Waals surface area contributed by atoms with Gasteiger partial charge < -0.3 is 15.0 Å². The molecule has 1 amide bonds. The van der Waals surface area contributed by atoms with E-state index in [1.54, 1.807) is 4.90 Å². The predicted octanol–water partition coefficient (Wildman–Crippen LogP) is 3.80. The lowest BCUT2D eigenvalue weighted by molar-refractivity contribution is 0.0296. The van der Waals surface area contributed by atoms with Crippen molar-refractivity contribution in [2.75, 3.05) is 20.1 Å². The van der Waals surface area contributed by atoms with Crippen LogP contribution in [-0.4, -0.2) is 42.8 Å². The molecule has 1 aliphatic carbocycles. The number of hydrogen-bond donors (Lipinski definition) is 1. The van der Waals surface area contributed by atoms with Crippen molar-refractivity contribution in [1.29, 1.82) is 0 Å². The molecule has 1 fully saturated rings. The molecule has 4 nitrogen and oxygen atoms in total. The Labute approximate surface area is 130 Å². The molecule has 21 heavy (non-hydrogen) atoms. The van der Waals surface area contributed by atoms with Crippen LogP contribution in [0.4, 0.5) is 4.79 Å². The van der Waals surface area contributed by atoms with Crippen LogP contribution in [0.1, 0.15) is 66.2 Å². The molecule has 1 aliphatic rings. The first-order chi connectivity index (χ1) is 9.83. The predicted molar refractivity (Wildman–Crippen MR) is 87.5 cm³/mol. The van der Waals surface area contributed by atoms with Gasteiger partial charge in [0.15, 0.2) is 0 Å². The number of carbonyl (C=O) groups excluding carboxylic acids is 1. The molecule has 0 radical (unpaired) electrons. The summed E-state index contributed by atoms with van der Waals surface area (Å²) < 4.78 is 5.35. The van der Waals surface area contributed by atoms with Crippen LogP contribution in [0.3, 0.4) is 0 Å². The number of amides is 1. The average Bonchev–Trinajstić information content (AvgIpc) is 2.41. The van der Waals surface area contributed by atoms with Crippen LogP contribution in [-0.2, 0) is 4.74 Å². The van der Waals surface area contributed by atoms with Crippen LogP contribution in [0, 0.1) is 5.92 Å². The molecular weight excluding hydrogens is 264 g/mol. The normalized spacial score (nSPS) is 22.9. The van der Waals surface area contributed by atoms with Crippen LogP contribution in [0.5, 0.6) is 0 Å². The van der Waals surface area contributed by atoms with Gasteiger partial charge in [0.1, 0.15) is 5.60 Å². The van der Waals surface area contributed by atoms with Crippen LogP contribution in [0.2, 0.25) is 0 Å². The van der Waals surface area contributed by atoms with E-state index in [1.165, 1.54) is 32.1 Å². The molecule has 1 N–H and O–H groups in total. The maximum absolute atomic E-state index is 11.8. The number of nitrogens with zero attached hydrogens (tertiary/aromatic N) is 1. The zero-order valence-corrected chi connectivity index (χ0v) is 14.6. The van der Waals surface area contributed by atoms with Gasteiger partial charge in [0.2, 0.25) is 0 Å². The van der Waals surface area contributed by atoms with Gasteiger partial charge in [-0.1, -0.05) is 26.2 Å². The minimum atomic E-state index is -0.417. The average molecular weight is 298 g/mol. The first kappa shape index (κ1) is 18.3. The van der Waals surface area contributed by atoms with Gasteiger partial charge in [0, 0.05) is 19.6 Å². The fraction of sp³-hybridized carbons (Fsp3) is 0.941. The first-order valence-corrected chi connectivity index (χ1v) is 8.51. The van der Waals surface area contributed by atoms with Gasteiger partial charge in [-0.25, -0.2) is 4.79 Å². The Morgan fingerprint density at radius 1 is 1.29 bits per heavy atom. The van der Waals surface area contributed by atoms with E-state index < -0.39 is 5.60 Å². The molecular formula is C17H34N2O2. The molecule has 2 unspecified atom stereocenters. The lowest BCUT2D eigenvalue weighted by atomic mass is 9.83. The number of rotatable bonds is 6. The third kappa shape index (κ3) is 7.16. The Morgan fingerprint density at radius 2 is 1.95 bits per heavy atom. The summed E-state index contributed by atoms with van der Waals surface area (Å²) in [6.07, 6.45) is 7.43. The second-order valence-corrected chi connectivity index (χ2v) is 7.27. The van der Waals surface area contributed by atoms with Crippen molar-refractivity contribution >= 4 is 6.09 Å². The Balaban J connectivity index is 2.19. The van der Waals surface area contributed by atoms with Gasteiger partial charge in [-0.15, -0.1) is 0 Å². The fourth-order valence-electron chi connectivity index (χ4n) is 3.00. The van der Waals surface area contributed by atoms with Gasteiger partial charge in [-0.2, -0.15) is 0 Å². The summed E-state index contributed by atoms with van der Waals surface area (Å²) in [6.45, 7) is 9.71. The Hall–Kier alpha value is -0.770. The second-order valence-electron chi connectivity index (χ2n) is 7.27. The topological polar surface area (TPSA) is 41.6 Å². The van der Waals surface area contributed by atoms with Crippen molar-refractivity contribution in [2.24, 2.45) is 5.92 Å². The highest BCUT2D eigenvalue weighted by atomic mass is 16.6. The molecule has 1 rings (SSSR count). The van der Waals surface area contributed by atoms with Gasteiger partial charge in [0.05, 0.1) is 0 Å². The third-order valence-corrected chi connectivity index (χ3v) is 4.22. The van der Waals surface area contributed by atoms with Crippen molar-refractivity contribution < 1.29 is 9.53 Å². The molecule has 0 aromatic rings. The Kier molecular flexibility index (Phi) is 7.50. The van der Waals surface area contributed by atoms with Gasteiger partial charge in [-0.3, -0.25) is 0 Å². The summed E-state index contributed by atoms with van der Waals surface area (Å²) >= 11 is 0. The first-order valence-electron chi connectivity index (χ1n) is 8.51. The molecule has 0 aliphatic heterocycles. The maximum Gasteiger partial charge on any atom is 0.410 e. The van der Waals surface area contributed by atoms with Gasteiger partial charge in [0.25, 0.3) is 0 Å². The summed E-state index contributed by atoms with van der Waals surface area (Å²) in [5.74, 6) is 0.835. The molecule has 124 valence electrons. The van der Waals surface area contributed by atoms with E-state index in [2.05, 4.69) is 12.2 Å². The summed E-state index contributed by atoms with van der Waals surface area (Å²) in [5, 5.41) is 3.69. The highest BCUT2D eigenvalue weighted by Gasteiger charge is 2.23. The van der Waals surface area contributed by atoms with Crippen molar-refractivity contribution in [3.63, 3.8) is 0 Å². The van der Waals surface area contributed by atoms with Crippen LogP contribution >= 0.6 is 0 Å². The van der Waals surface area contributed by atoms with E-state index in [9.17, 15) is 4.79 Å². The fourth-order valence-corrected chi connectivity index (χ4v) is 3.00. The third-order valence-electron chi connectivity index (χ3n) is 4.22. The lowest BCUT2D eigenvalue weighted by Gasteiger charge is -2.32. The summed E-state index contributed by atoms with van der Waals surface area (Å²) in [7, 11) is 1.81. The second kappa shape index (κ2) is 8.62. The van der Waals surface area contributed by atoms with E-state index >= 15 is 0 Å². The summed E-state index contributed by atoms with van der Waals surface area (Å²) in [5.41, 5.74) is -0.417. The van der Waals surface area contributed by atoms with Crippen LogP contribution < -0.4 is 5.32 Å². The van der Waals surface area contributed by atoms with Crippen LogP contribution in [0.25, 0.3) is 0 Å². The zero-order chi connectivity index (χ0) is 15.9. The molecule has 1 saturated carbocycles. The highest BCUT2D eigenvalue weighted by molar-refractivity contribution is 5.67. The lowest BCUT2D eigenvalue weighted by Crippen LogP contribution is -2.40. The molecule has 0 heterocycles. The monoisotopic (exact) mass is 298 g/mol. The molecule has 0 aromatic heterocycles. The van der Waals surface area contributed by atoms with E-state index in [0.29, 0.717) is 6.04 Å². The van der Waals surface area contributed by atoms with Crippen molar-refractivity contribution in [3.8, 4) is 0 Å². The van der Waals surface area contributed by atoms with Crippen molar-refractivity contribution in [2.45, 2.75) is 77.9 Å². The standard InChI is InChI=1S/C17H34N2O2/c1-6-14-10-7-8-11-15(14)18-12-9-13-19(5)16(20)21-17(2,3)4/h14-15,18H,6-13H2,1-5H3. The molecule has 0 bridgehead atoms. The SMILES string of the molecule is CCC1CCCCC1NCCCN(C)C(=O)OC(C)(C)C. The quantitative estimate of drug-likeness (QED) is 0.758. The van der Waals surface area contributed by atoms with E-state index in [0.717, 1.165) is 25.4 Å². The maximum atomic E-state index is 11.8. The molecule has 2 atom stereocenters. The minimum absolute atomic E-state index is 0.230. The number of nitrogens with one attached hydrogen (secondary N) is 1. The van der Waals surface area contributed by atoms with E-state index in [1.807, 2.05) is 27.8 Å². The highest BCUT2D eigenvalue weighted by Crippen LogP contribution is 2.26. The Morgan fingerprint density at radius 3 is 2.57 bits per heavy atom. The Bertz CT molecular complexity index is 312. The van der Waals surface area contributed by atoms with Gasteiger partial charge in [-0.05, 0) is 52.5 Å². The van der Waals surface area contributed by atoms with E-state index in [-0.39, 0.29) is 6.09 Å². The number of hydrogen-bond acceptors (Lipinski definition) is 3. The number of carbonyl (C=O) groups is 1. The summed E-state index contributed by atoms with van der Waals surface area (Å²) in [6, 6.07) is 0.676. The largest absolute Gasteiger partial charge is 0.444 e. The molecule has 0 spiro atoms. The van der Waals surface area contributed by atoms with Gasteiger partial charge >= 0.3 is 6.09 Å². The van der Waals surface area contributed by atoms with Crippen LogP contribution in [0.15, 0.2) is 0 Å². The van der Waals surface area contributed by atoms with Crippen molar-refractivity contribution in [3.05, 3.63) is 0 Å².